The van der Waals surface area contributed by atoms with E-state index in [1.165, 1.54) is 0 Å². The van der Waals surface area contributed by atoms with Crippen LogP contribution in [0.2, 0.25) is 0 Å². The standard InChI is InChI=1S/C18H19N7O/c1-2-16(20-13-6-8-26-9-7-13)25-17(3-1)22-18(24-25)21-14-5-4-12-11-19-23-15(12)10-14/h1-5,10-11,13,20H,6-9H2,(H,19,23)(H,21,24). The molecule has 1 aliphatic heterocycles. The van der Waals surface area contributed by atoms with E-state index in [4.69, 9.17) is 4.74 Å². The number of pyridine rings is 1. The summed E-state index contributed by atoms with van der Waals surface area (Å²) in [7, 11) is 0. The van der Waals surface area contributed by atoms with Crippen molar-refractivity contribution in [3.05, 3.63) is 42.6 Å². The Kier molecular flexibility index (Phi) is 3.67. The van der Waals surface area contributed by atoms with E-state index < -0.39 is 0 Å². The van der Waals surface area contributed by atoms with Gasteiger partial charge < -0.3 is 15.4 Å². The van der Waals surface area contributed by atoms with Crippen LogP contribution in [0.15, 0.2) is 42.6 Å². The first-order valence-corrected chi connectivity index (χ1v) is 8.75. The molecule has 0 unspecified atom stereocenters. The minimum atomic E-state index is 0.401. The van der Waals surface area contributed by atoms with Crippen LogP contribution in [0.3, 0.4) is 0 Å². The fraction of sp³-hybridized carbons (Fsp3) is 0.278. The van der Waals surface area contributed by atoms with Crippen LogP contribution in [-0.4, -0.2) is 44.1 Å². The van der Waals surface area contributed by atoms with Gasteiger partial charge in [0.15, 0.2) is 5.65 Å². The smallest absolute Gasteiger partial charge is 0.247 e. The van der Waals surface area contributed by atoms with Crippen molar-refractivity contribution >= 4 is 34.0 Å². The lowest BCUT2D eigenvalue weighted by Crippen LogP contribution is -2.28. The Bertz CT molecular complexity index is 1050. The van der Waals surface area contributed by atoms with Crippen LogP contribution in [0.5, 0.6) is 0 Å². The Balaban J connectivity index is 1.42. The molecule has 0 saturated carbocycles. The molecule has 3 N–H and O–H groups in total. The number of aromatic nitrogens is 5. The van der Waals surface area contributed by atoms with Gasteiger partial charge in [-0.25, -0.2) is 0 Å². The Morgan fingerprint density at radius 1 is 1.15 bits per heavy atom. The molecule has 1 saturated heterocycles. The van der Waals surface area contributed by atoms with Crippen LogP contribution >= 0.6 is 0 Å². The number of hydrogen-bond donors (Lipinski definition) is 3. The summed E-state index contributed by atoms with van der Waals surface area (Å²) in [5, 5.41) is 19.5. The number of H-pyrrole nitrogens is 1. The molecule has 5 rings (SSSR count). The SMILES string of the molecule is c1cc(NC2CCOCC2)n2nc(Nc3ccc4cn[nH]c4c3)nc2c1. The van der Waals surface area contributed by atoms with Gasteiger partial charge in [0.05, 0.1) is 11.7 Å². The van der Waals surface area contributed by atoms with Gasteiger partial charge >= 0.3 is 0 Å². The van der Waals surface area contributed by atoms with E-state index in [1.807, 2.05) is 40.9 Å². The summed E-state index contributed by atoms with van der Waals surface area (Å²) in [5.41, 5.74) is 2.68. The number of hydrogen-bond acceptors (Lipinski definition) is 6. The first-order chi connectivity index (χ1) is 12.8. The Hall–Kier alpha value is -3.13. The Labute approximate surface area is 149 Å². The van der Waals surface area contributed by atoms with Crippen molar-refractivity contribution in [1.82, 2.24) is 24.8 Å². The second-order valence-corrected chi connectivity index (χ2v) is 6.44. The van der Waals surface area contributed by atoms with E-state index >= 15 is 0 Å². The summed E-state index contributed by atoms with van der Waals surface area (Å²) in [6.07, 6.45) is 3.80. The molecular weight excluding hydrogens is 330 g/mol. The van der Waals surface area contributed by atoms with Gasteiger partial charge in [-0.15, -0.1) is 5.10 Å². The number of rotatable bonds is 4. The van der Waals surface area contributed by atoms with Crippen molar-refractivity contribution in [3.8, 4) is 0 Å². The van der Waals surface area contributed by atoms with E-state index in [-0.39, 0.29) is 0 Å². The Morgan fingerprint density at radius 3 is 3.00 bits per heavy atom. The zero-order valence-corrected chi connectivity index (χ0v) is 14.1. The molecule has 0 bridgehead atoms. The van der Waals surface area contributed by atoms with Crippen LogP contribution < -0.4 is 10.6 Å². The molecule has 0 radical (unpaired) electrons. The monoisotopic (exact) mass is 349 g/mol. The van der Waals surface area contributed by atoms with Crippen LogP contribution in [0.4, 0.5) is 17.5 Å². The van der Waals surface area contributed by atoms with Crippen LogP contribution in [-0.2, 0) is 4.74 Å². The van der Waals surface area contributed by atoms with Gasteiger partial charge in [0.2, 0.25) is 5.95 Å². The zero-order chi connectivity index (χ0) is 17.3. The molecule has 1 fully saturated rings. The maximum absolute atomic E-state index is 5.43. The first kappa shape index (κ1) is 15.2. The molecule has 8 nitrogen and oxygen atoms in total. The number of ether oxygens (including phenoxy) is 1. The first-order valence-electron chi connectivity index (χ1n) is 8.75. The highest BCUT2D eigenvalue weighted by Crippen LogP contribution is 2.21. The highest BCUT2D eigenvalue weighted by molar-refractivity contribution is 5.82. The van der Waals surface area contributed by atoms with Crippen molar-refractivity contribution in [2.45, 2.75) is 18.9 Å². The largest absolute Gasteiger partial charge is 0.381 e. The van der Waals surface area contributed by atoms with Crippen molar-refractivity contribution in [2.75, 3.05) is 23.8 Å². The number of benzene rings is 1. The molecule has 4 heterocycles. The number of fused-ring (bicyclic) bond motifs is 2. The predicted molar refractivity (Wildman–Crippen MR) is 99.8 cm³/mol. The molecule has 4 aromatic rings. The van der Waals surface area contributed by atoms with E-state index in [0.29, 0.717) is 12.0 Å². The fourth-order valence-corrected chi connectivity index (χ4v) is 3.26. The van der Waals surface area contributed by atoms with Crippen LogP contribution in [0, 0.1) is 0 Å². The molecule has 3 aromatic heterocycles. The average molecular weight is 349 g/mol. The van der Waals surface area contributed by atoms with Crippen molar-refractivity contribution < 1.29 is 4.74 Å². The summed E-state index contributed by atoms with van der Waals surface area (Å²) in [6, 6.07) is 12.4. The number of anilines is 3. The van der Waals surface area contributed by atoms with Gasteiger partial charge in [0.25, 0.3) is 0 Å². The molecule has 0 amide bonds. The maximum Gasteiger partial charge on any atom is 0.247 e. The van der Waals surface area contributed by atoms with E-state index in [1.54, 1.807) is 6.20 Å². The van der Waals surface area contributed by atoms with Gasteiger partial charge in [-0.05, 0) is 43.2 Å². The van der Waals surface area contributed by atoms with E-state index in [2.05, 4.69) is 30.9 Å². The van der Waals surface area contributed by atoms with Crippen molar-refractivity contribution in [3.63, 3.8) is 0 Å². The van der Waals surface area contributed by atoms with Gasteiger partial charge in [-0.2, -0.15) is 14.6 Å². The predicted octanol–water partition coefficient (Wildman–Crippen LogP) is 2.94. The molecule has 0 spiro atoms. The van der Waals surface area contributed by atoms with Gasteiger partial charge in [0, 0.05) is 30.3 Å². The normalized spacial score (nSPS) is 15.5. The lowest BCUT2D eigenvalue weighted by molar-refractivity contribution is 0.0903. The second kappa shape index (κ2) is 6.30. The second-order valence-electron chi connectivity index (χ2n) is 6.44. The highest BCUT2D eigenvalue weighted by atomic mass is 16.5. The molecular formula is C18H19N7O. The summed E-state index contributed by atoms with van der Waals surface area (Å²) in [4.78, 5) is 4.58. The van der Waals surface area contributed by atoms with E-state index in [9.17, 15) is 0 Å². The summed E-state index contributed by atoms with van der Waals surface area (Å²) in [5.74, 6) is 1.50. The third kappa shape index (κ3) is 2.84. The van der Waals surface area contributed by atoms with Gasteiger partial charge in [-0.3, -0.25) is 5.10 Å². The quantitative estimate of drug-likeness (QED) is 0.525. The minimum absolute atomic E-state index is 0.401. The third-order valence-corrected chi connectivity index (χ3v) is 4.63. The topological polar surface area (TPSA) is 92.2 Å². The molecule has 8 heteroatoms. The van der Waals surface area contributed by atoms with Gasteiger partial charge in [0.1, 0.15) is 5.82 Å². The molecule has 1 aromatic carbocycles. The lowest BCUT2D eigenvalue weighted by Gasteiger charge is -2.24. The third-order valence-electron chi connectivity index (χ3n) is 4.63. The summed E-state index contributed by atoms with van der Waals surface area (Å²) in [6.45, 7) is 1.60. The van der Waals surface area contributed by atoms with E-state index in [0.717, 1.165) is 54.1 Å². The van der Waals surface area contributed by atoms with Gasteiger partial charge in [-0.1, -0.05) is 6.07 Å². The zero-order valence-electron chi connectivity index (χ0n) is 14.1. The highest BCUT2D eigenvalue weighted by Gasteiger charge is 2.15. The number of nitrogens with zero attached hydrogens (tertiary/aromatic N) is 4. The summed E-state index contributed by atoms with van der Waals surface area (Å²) >= 11 is 0. The summed E-state index contributed by atoms with van der Waals surface area (Å²) < 4.78 is 7.27. The molecule has 132 valence electrons. The van der Waals surface area contributed by atoms with Crippen molar-refractivity contribution in [1.29, 1.82) is 0 Å². The number of aromatic amines is 1. The fourth-order valence-electron chi connectivity index (χ4n) is 3.26. The van der Waals surface area contributed by atoms with Crippen LogP contribution in [0.1, 0.15) is 12.8 Å². The molecule has 0 atom stereocenters. The average Bonchev–Trinajstić information content (AvgIpc) is 3.29. The Morgan fingerprint density at radius 2 is 2.08 bits per heavy atom. The molecule has 1 aliphatic rings. The lowest BCUT2D eigenvalue weighted by atomic mass is 10.1. The molecule has 0 aliphatic carbocycles. The molecule has 26 heavy (non-hydrogen) atoms. The minimum Gasteiger partial charge on any atom is -0.381 e. The van der Waals surface area contributed by atoms with Crippen LogP contribution in [0.25, 0.3) is 16.6 Å². The maximum atomic E-state index is 5.43. The number of nitrogens with one attached hydrogen (secondary N) is 3. The van der Waals surface area contributed by atoms with Crippen molar-refractivity contribution in [2.24, 2.45) is 0 Å².